The summed E-state index contributed by atoms with van der Waals surface area (Å²) in [6.07, 6.45) is 0. The molecule has 0 aliphatic rings. The highest BCUT2D eigenvalue weighted by Crippen LogP contribution is 2.28. The minimum absolute atomic E-state index is 0.0866. The number of nitrogens with zero attached hydrogens (tertiary/aromatic N) is 3. The number of nitrogens with one attached hydrogen (secondary N) is 1. The van der Waals surface area contributed by atoms with Crippen LogP contribution < -0.4 is 9.62 Å². The van der Waals surface area contributed by atoms with Crippen LogP contribution in [0.15, 0.2) is 52.9 Å². The van der Waals surface area contributed by atoms with Crippen LogP contribution in [0.1, 0.15) is 22.8 Å². The second-order valence-corrected chi connectivity index (χ2v) is 9.29. The first-order valence-corrected chi connectivity index (χ1v) is 10.9. The van der Waals surface area contributed by atoms with Crippen LogP contribution in [0.25, 0.3) is 0 Å². The summed E-state index contributed by atoms with van der Waals surface area (Å²) < 4.78 is 27.0. The van der Waals surface area contributed by atoms with Gasteiger partial charge in [-0.05, 0) is 44.2 Å². The van der Waals surface area contributed by atoms with Gasteiger partial charge in [0.2, 0.25) is 5.13 Å². The normalized spacial score (nSPS) is 11.2. The van der Waals surface area contributed by atoms with Gasteiger partial charge in [0, 0.05) is 17.1 Å². The van der Waals surface area contributed by atoms with Crippen molar-refractivity contribution in [2.24, 2.45) is 0 Å². The summed E-state index contributed by atoms with van der Waals surface area (Å²) in [6, 6.07) is 13.5. The van der Waals surface area contributed by atoms with Gasteiger partial charge in [0.15, 0.2) is 0 Å². The van der Waals surface area contributed by atoms with Gasteiger partial charge in [0.25, 0.3) is 20.3 Å². The SMILES string of the molecule is CCN(c1ccc(C)cc1)S(=O)(=O)c1nnc(NC(=O)c2cccc(Cl)c2)s1. The van der Waals surface area contributed by atoms with E-state index in [4.69, 9.17) is 11.6 Å². The van der Waals surface area contributed by atoms with Gasteiger partial charge in [-0.1, -0.05) is 46.7 Å². The lowest BCUT2D eigenvalue weighted by molar-refractivity contribution is 0.102. The van der Waals surface area contributed by atoms with E-state index in [2.05, 4.69) is 15.5 Å². The van der Waals surface area contributed by atoms with E-state index in [-0.39, 0.29) is 16.0 Å². The fourth-order valence-corrected chi connectivity index (χ4v) is 5.12. The summed E-state index contributed by atoms with van der Waals surface area (Å²) in [7, 11) is -3.90. The van der Waals surface area contributed by atoms with Gasteiger partial charge >= 0.3 is 0 Å². The molecule has 10 heteroatoms. The molecular weight excluding hydrogens is 420 g/mol. The van der Waals surface area contributed by atoms with E-state index in [0.717, 1.165) is 16.9 Å². The van der Waals surface area contributed by atoms with Crippen molar-refractivity contribution >= 4 is 49.7 Å². The van der Waals surface area contributed by atoms with Crippen molar-refractivity contribution in [1.29, 1.82) is 0 Å². The fraction of sp³-hybridized carbons (Fsp3) is 0.167. The van der Waals surface area contributed by atoms with Crippen molar-refractivity contribution in [2.45, 2.75) is 18.2 Å². The Morgan fingerprint density at radius 2 is 1.89 bits per heavy atom. The number of anilines is 2. The number of amides is 1. The molecule has 0 unspecified atom stereocenters. The number of halogens is 1. The number of aromatic nitrogens is 2. The van der Waals surface area contributed by atoms with Crippen LogP contribution in [-0.2, 0) is 10.0 Å². The molecule has 0 spiro atoms. The Bertz CT molecular complexity index is 1100. The third-order valence-electron chi connectivity index (χ3n) is 3.83. The number of benzene rings is 2. The summed E-state index contributed by atoms with van der Waals surface area (Å²) in [5.74, 6) is -0.450. The molecule has 1 N–H and O–H groups in total. The molecule has 0 saturated heterocycles. The zero-order valence-electron chi connectivity index (χ0n) is 15.1. The maximum atomic E-state index is 13.0. The number of rotatable bonds is 6. The zero-order valence-corrected chi connectivity index (χ0v) is 17.5. The number of carbonyl (C=O) groups excluding carboxylic acids is 1. The maximum Gasteiger partial charge on any atom is 0.293 e. The predicted octanol–water partition coefficient (Wildman–Crippen LogP) is 3.97. The summed E-state index contributed by atoms with van der Waals surface area (Å²) in [6.45, 7) is 3.89. The average molecular weight is 437 g/mol. The van der Waals surface area contributed by atoms with Gasteiger partial charge in [-0.25, -0.2) is 0 Å². The Balaban J connectivity index is 1.83. The molecule has 7 nitrogen and oxygen atoms in total. The first kappa shape index (κ1) is 20.2. The lowest BCUT2D eigenvalue weighted by Gasteiger charge is -2.21. The van der Waals surface area contributed by atoms with Crippen molar-refractivity contribution in [1.82, 2.24) is 10.2 Å². The summed E-state index contributed by atoms with van der Waals surface area (Å²) in [5.41, 5.74) is 1.90. The van der Waals surface area contributed by atoms with Crippen LogP contribution >= 0.6 is 22.9 Å². The van der Waals surface area contributed by atoms with E-state index in [1.807, 2.05) is 19.1 Å². The molecule has 1 amide bonds. The first-order chi connectivity index (χ1) is 13.3. The summed E-state index contributed by atoms with van der Waals surface area (Å²) >= 11 is 6.68. The molecule has 1 aromatic heterocycles. The molecule has 0 radical (unpaired) electrons. The van der Waals surface area contributed by atoms with Crippen molar-refractivity contribution in [2.75, 3.05) is 16.2 Å². The Morgan fingerprint density at radius 3 is 2.54 bits per heavy atom. The molecule has 0 aliphatic carbocycles. The number of aryl methyl sites for hydroxylation is 1. The van der Waals surface area contributed by atoms with Gasteiger partial charge in [-0.2, -0.15) is 8.42 Å². The molecule has 0 atom stereocenters. The van der Waals surface area contributed by atoms with Crippen molar-refractivity contribution in [3.8, 4) is 0 Å². The number of sulfonamides is 1. The lowest BCUT2D eigenvalue weighted by atomic mass is 10.2. The second kappa shape index (κ2) is 8.26. The van der Waals surface area contributed by atoms with Crippen molar-refractivity contribution in [3.63, 3.8) is 0 Å². The number of hydrogen-bond acceptors (Lipinski definition) is 6. The molecule has 2 aromatic carbocycles. The van der Waals surface area contributed by atoms with E-state index in [9.17, 15) is 13.2 Å². The van der Waals surface area contributed by atoms with Crippen LogP contribution in [0.4, 0.5) is 10.8 Å². The predicted molar refractivity (Wildman–Crippen MR) is 111 cm³/mol. The Morgan fingerprint density at radius 1 is 1.18 bits per heavy atom. The molecule has 3 aromatic rings. The van der Waals surface area contributed by atoms with Crippen LogP contribution in [0.3, 0.4) is 0 Å². The Hall–Kier alpha value is -2.49. The maximum absolute atomic E-state index is 13.0. The van der Waals surface area contributed by atoms with Gasteiger partial charge in [0.1, 0.15) is 0 Å². The van der Waals surface area contributed by atoms with Crippen molar-refractivity contribution < 1.29 is 13.2 Å². The fourth-order valence-electron chi connectivity index (χ4n) is 2.46. The van der Waals surface area contributed by atoms with Gasteiger partial charge in [0.05, 0.1) is 5.69 Å². The quantitative estimate of drug-likeness (QED) is 0.590. The zero-order chi connectivity index (χ0) is 20.3. The molecular formula is C18H17ClN4O3S2. The largest absolute Gasteiger partial charge is 0.296 e. The average Bonchev–Trinajstić information content (AvgIpc) is 3.13. The molecule has 1 heterocycles. The highest BCUT2D eigenvalue weighted by molar-refractivity contribution is 7.94. The topological polar surface area (TPSA) is 92.3 Å². The monoisotopic (exact) mass is 436 g/mol. The lowest BCUT2D eigenvalue weighted by Crippen LogP contribution is -2.30. The van der Waals surface area contributed by atoms with Crippen molar-refractivity contribution in [3.05, 3.63) is 64.7 Å². The van der Waals surface area contributed by atoms with Crippen LogP contribution in [0, 0.1) is 6.92 Å². The number of hydrogen-bond donors (Lipinski definition) is 1. The molecule has 0 fully saturated rings. The van der Waals surface area contributed by atoms with Gasteiger partial charge < -0.3 is 0 Å². The third-order valence-corrected chi connectivity index (χ3v) is 7.16. The molecule has 3 rings (SSSR count). The molecule has 28 heavy (non-hydrogen) atoms. The standard InChI is InChI=1S/C18H17ClN4O3S2/c1-3-23(15-9-7-12(2)8-10-15)28(25,26)18-22-21-17(27-18)20-16(24)13-5-4-6-14(19)11-13/h4-11H,3H2,1-2H3,(H,20,21,24). The Kier molecular flexibility index (Phi) is 5.97. The van der Waals surface area contributed by atoms with E-state index in [1.54, 1.807) is 37.3 Å². The van der Waals surface area contributed by atoms with Gasteiger partial charge in [-0.3, -0.25) is 14.4 Å². The summed E-state index contributed by atoms with van der Waals surface area (Å²) in [5, 5.41) is 10.6. The Labute approximate surface area is 172 Å². The highest BCUT2D eigenvalue weighted by atomic mass is 35.5. The summed E-state index contributed by atoms with van der Waals surface area (Å²) in [4.78, 5) is 12.3. The smallest absolute Gasteiger partial charge is 0.293 e. The van der Waals surface area contributed by atoms with E-state index in [1.165, 1.54) is 10.4 Å². The van der Waals surface area contributed by atoms with Gasteiger partial charge in [-0.15, -0.1) is 10.2 Å². The molecule has 146 valence electrons. The van der Waals surface area contributed by atoms with E-state index in [0.29, 0.717) is 16.3 Å². The van der Waals surface area contributed by atoms with Crippen LogP contribution in [-0.4, -0.2) is 31.1 Å². The first-order valence-electron chi connectivity index (χ1n) is 8.31. The molecule has 0 aliphatic heterocycles. The van der Waals surface area contributed by atoms with Crippen LogP contribution in [0.2, 0.25) is 5.02 Å². The van der Waals surface area contributed by atoms with E-state index < -0.39 is 15.9 Å². The minimum Gasteiger partial charge on any atom is -0.296 e. The van der Waals surface area contributed by atoms with E-state index >= 15 is 0 Å². The highest BCUT2D eigenvalue weighted by Gasteiger charge is 2.28. The molecule has 0 bridgehead atoms. The van der Waals surface area contributed by atoms with Crippen LogP contribution in [0.5, 0.6) is 0 Å². The number of carbonyl (C=O) groups is 1. The molecule has 0 saturated carbocycles. The third kappa shape index (κ3) is 4.32. The second-order valence-electron chi connectivity index (χ2n) is 5.84. The minimum atomic E-state index is -3.90.